The summed E-state index contributed by atoms with van der Waals surface area (Å²) in [4.78, 5) is 0.205. The summed E-state index contributed by atoms with van der Waals surface area (Å²) in [5, 5.41) is 9.00. The third-order valence-electron chi connectivity index (χ3n) is 5.52. The molecule has 23 heavy (non-hydrogen) atoms. The van der Waals surface area contributed by atoms with E-state index in [1.54, 1.807) is 12.1 Å². The summed E-state index contributed by atoms with van der Waals surface area (Å²) in [6.07, 6.45) is 13.6. The molecule has 0 fully saturated rings. The maximum atomic E-state index is 11.7. The average molecular weight is 330 g/mol. The van der Waals surface area contributed by atoms with Crippen LogP contribution in [-0.2, 0) is 10.0 Å². The SMILES string of the molecule is NS(=O)(=O)c1ccc2c(c1)[C@@H]1C=CC[C@@H]1[C@@H]([C@H]1CC=CCC1)N2. The van der Waals surface area contributed by atoms with E-state index in [0.29, 0.717) is 23.8 Å². The number of benzene rings is 1. The summed E-state index contributed by atoms with van der Waals surface area (Å²) in [7, 11) is -3.66. The highest BCUT2D eigenvalue weighted by atomic mass is 32.2. The number of hydrogen-bond donors (Lipinski definition) is 2. The number of fused-ring (bicyclic) bond motifs is 3. The molecule has 1 aromatic rings. The molecule has 4 nitrogen and oxygen atoms in total. The largest absolute Gasteiger partial charge is 0.381 e. The zero-order valence-electron chi connectivity index (χ0n) is 13.0. The van der Waals surface area contributed by atoms with Crippen LogP contribution in [0.3, 0.4) is 0 Å². The van der Waals surface area contributed by atoms with Crippen LogP contribution in [0.1, 0.15) is 37.2 Å². The van der Waals surface area contributed by atoms with Gasteiger partial charge in [-0.15, -0.1) is 0 Å². The molecule has 0 saturated carbocycles. The monoisotopic (exact) mass is 330 g/mol. The Morgan fingerprint density at radius 2 is 2.00 bits per heavy atom. The lowest BCUT2D eigenvalue weighted by Crippen LogP contribution is -2.41. The topological polar surface area (TPSA) is 72.2 Å². The van der Waals surface area contributed by atoms with Gasteiger partial charge in [-0.3, -0.25) is 0 Å². The van der Waals surface area contributed by atoms with E-state index in [1.165, 1.54) is 6.42 Å². The van der Waals surface area contributed by atoms with Gasteiger partial charge in [-0.2, -0.15) is 0 Å². The minimum atomic E-state index is -3.66. The second kappa shape index (κ2) is 5.49. The molecule has 0 unspecified atom stereocenters. The van der Waals surface area contributed by atoms with Gasteiger partial charge >= 0.3 is 0 Å². The van der Waals surface area contributed by atoms with Crippen LogP contribution in [0.4, 0.5) is 5.69 Å². The standard InChI is InChI=1S/C18H22N2O2S/c19-23(21,22)13-9-10-17-16(11-13)14-7-4-8-15(14)18(20-17)12-5-2-1-3-6-12/h1-2,4,7,9-12,14-15,18,20H,3,5-6,8H2,(H2,19,21,22)/t12-,14+,15-,18+/m0/s1. The Morgan fingerprint density at radius 3 is 2.74 bits per heavy atom. The van der Waals surface area contributed by atoms with Crippen LogP contribution < -0.4 is 10.5 Å². The second-order valence-electron chi connectivity index (χ2n) is 6.86. The third kappa shape index (κ3) is 2.62. The van der Waals surface area contributed by atoms with Gasteiger partial charge in [0, 0.05) is 17.6 Å². The van der Waals surface area contributed by atoms with Crippen molar-refractivity contribution in [2.24, 2.45) is 17.0 Å². The van der Waals surface area contributed by atoms with Gasteiger partial charge < -0.3 is 5.32 Å². The minimum Gasteiger partial charge on any atom is -0.381 e. The fraction of sp³-hybridized carbons (Fsp3) is 0.444. The lowest BCUT2D eigenvalue weighted by atomic mass is 9.72. The lowest BCUT2D eigenvalue weighted by Gasteiger charge is -2.42. The Balaban J connectivity index is 1.73. The summed E-state index contributed by atoms with van der Waals surface area (Å²) in [6, 6.07) is 5.69. The van der Waals surface area contributed by atoms with Crippen molar-refractivity contribution in [3.05, 3.63) is 48.1 Å². The van der Waals surface area contributed by atoms with E-state index in [9.17, 15) is 8.42 Å². The molecule has 2 aliphatic carbocycles. The molecule has 1 aliphatic heterocycles. The van der Waals surface area contributed by atoms with Crippen LogP contribution in [0, 0.1) is 11.8 Å². The second-order valence-corrected chi connectivity index (χ2v) is 8.42. The number of nitrogens with one attached hydrogen (secondary N) is 1. The minimum absolute atomic E-state index is 0.205. The quantitative estimate of drug-likeness (QED) is 0.818. The van der Waals surface area contributed by atoms with Gasteiger partial charge in [0.2, 0.25) is 10.0 Å². The van der Waals surface area contributed by atoms with Crippen molar-refractivity contribution < 1.29 is 8.42 Å². The number of allylic oxidation sites excluding steroid dienone is 4. The Bertz CT molecular complexity index is 782. The van der Waals surface area contributed by atoms with Crippen molar-refractivity contribution in [3.63, 3.8) is 0 Å². The van der Waals surface area contributed by atoms with Crippen LogP contribution in [0.25, 0.3) is 0 Å². The van der Waals surface area contributed by atoms with E-state index in [1.807, 2.05) is 6.07 Å². The molecule has 3 N–H and O–H groups in total. The first-order chi connectivity index (χ1) is 11.0. The van der Waals surface area contributed by atoms with E-state index >= 15 is 0 Å². The highest BCUT2D eigenvalue weighted by Gasteiger charge is 2.40. The average Bonchev–Trinajstić information content (AvgIpc) is 3.03. The van der Waals surface area contributed by atoms with Gasteiger partial charge in [0.15, 0.2) is 0 Å². The molecule has 0 aromatic heterocycles. The summed E-state index contributed by atoms with van der Waals surface area (Å²) in [6.45, 7) is 0. The van der Waals surface area contributed by atoms with Crippen LogP contribution in [0.2, 0.25) is 0 Å². The van der Waals surface area contributed by atoms with Crippen molar-refractivity contribution >= 4 is 15.7 Å². The van der Waals surface area contributed by atoms with Crippen LogP contribution in [0.5, 0.6) is 0 Å². The van der Waals surface area contributed by atoms with Crippen molar-refractivity contribution in [3.8, 4) is 0 Å². The summed E-state index contributed by atoms with van der Waals surface area (Å²) < 4.78 is 23.3. The smallest absolute Gasteiger partial charge is 0.238 e. The van der Waals surface area contributed by atoms with E-state index in [-0.39, 0.29) is 4.90 Å². The maximum absolute atomic E-state index is 11.7. The summed E-state index contributed by atoms with van der Waals surface area (Å²) >= 11 is 0. The zero-order chi connectivity index (χ0) is 16.0. The molecule has 5 heteroatoms. The number of rotatable bonds is 2. The normalized spacial score (nSPS) is 32.2. The zero-order valence-corrected chi connectivity index (χ0v) is 13.8. The molecular weight excluding hydrogens is 308 g/mol. The van der Waals surface area contributed by atoms with Crippen molar-refractivity contribution in [2.75, 3.05) is 5.32 Å². The Labute approximate surface area is 137 Å². The highest BCUT2D eigenvalue weighted by Crippen LogP contribution is 2.48. The van der Waals surface area contributed by atoms with Gasteiger partial charge in [-0.1, -0.05) is 24.3 Å². The molecule has 0 bridgehead atoms. The van der Waals surface area contributed by atoms with Crippen molar-refractivity contribution in [1.82, 2.24) is 0 Å². The number of nitrogens with two attached hydrogens (primary N) is 1. The lowest BCUT2D eigenvalue weighted by molar-refractivity contribution is 0.294. The highest BCUT2D eigenvalue weighted by molar-refractivity contribution is 7.89. The van der Waals surface area contributed by atoms with E-state index < -0.39 is 10.0 Å². The van der Waals surface area contributed by atoms with Gasteiger partial charge in [0.1, 0.15) is 0 Å². The fourth-order valence-corrected chi connectivity index (χ4v) is 4.95. The molecule has 4 atom stereocenters. The summed E-state index contributed by atoms with van der Waals surface area (Å²) in [5.41, 5.74) is 2.13. The molecule has 4 rings (SSSR count). The van der Waals surface area contributed by atoms with Gasteiger partial charge in [0.25, 0.3) is 0 Å². The fourth-order valence-electron chi connectivity index (χ4n) is 4.40. The molecular formula is C18H22N2O2S. The molecule has 0 spiro atoms. The van der Waals surface area contributed by atoms with E-state index in [2.05, 4.69) is 29.6 Å². The predicted molar refractivity (Wildman–Crippen MR) is 91.7 cm³/mol. The first-order valence-electron chi connectivity index (χ1n) is 8.29. The maximum Gasteiger partial charge on any atom is 0.238 e. The van der Waals surface area contributed by atoms with Crippen LogP contribution in [0.15, 0.2) is 47.4 Å². The van der Waals surface area contributed by atoms with E-state index in [0.717, 1.165) is 30.5 Å². The molecule has 0 radical (unpaired) electrons. The van der Waals surface area contributed by atoms with Crippen LogP contribution >= 0.6 is 0 Å². The number of anilines is 1. The van der Waals surface area contributed by atoms with Gasteiger partial charge in [0.05, 0.1) is 4.90 Å². The number of sulfonamides is 1. The van der Waals surface area contributed by atoms with Crippen molar-refractivity contribution in [1.29, 1.82) is 0 Å². The number of primary sulfonamides is 1. The van der Waals surface area contributed by atoms with Gasteiger partial charge in [-0.25, -0.2) is 13.6 Å². The molecule has 0 saturated heterocycles. The summed E-state index contributed by atoms with van der Waals surface area (Å²) in [5.74, 6) is 1.46. The molecule has 1 aromatic carbocycles. The first kappa shape index (κ1) is 15.0. The molecule has 0 amide bonds. The predicted octanol–water partition coefficient (Wildman–Crippen LogP) is 3.14. The van der Waals surface area contributed by atoms with E-state index in [4.69, 9.17) is 5.14 Å². The third-order valence-corrected chi connectivity index (χ3v) is 6.44. The Kier molecular flexibility index (Phi) is 3.58. The first-order valence-corrected chi connectivity index (χ1v) is 9.83. The molecule has 3 aliphatic rings. The van der Waals surface area contributed by atoms with Gasteiger partial charge in [-0.05, 0) is 61.3 Å². The Hall–Kier alpha value is -1.59. The molecule has 122 valence electrons. The number of hydrogen-bond acceptors (Lipinski definition) is 3. The van der Waals surface area contributed by atoms with Crippen LogP contribution in [-0.4, -0.2) is 14.5 Å². The molecule has 1 heterocycles. The Morgan fingerprint density at radius 1 is 1.13 bits per heavy atom. The van der Waals surface area contributed by atoms with Crippen molar-refractivity contribution in [2.45, 2.75) is 42.5 Å².